The summed E-state index contributed by atoms with van der Waals surface area (Å²) in [6, 6.07) is 9.64. The first-order valence-corrected chi connectivity index (χ1v) is 11.3. The summed E-state index contributed by atoms with van der Waals surface area (Å²) in [5.41, 5.74) is 0.836. The molecule has 1 aromatic rings. The van der Waals surface area contributed by atoms with Crippen LogP contribution < -0.4 is 16.0 Å². The van der Waals surface area contributed by atoms with Gasteiger partial charge in [-0.2, -0.15) is 0 Å². The van der Waals surface area contributed by atoms with Crippen LogP contribution in [0.15, 0.2) is 30.3 Å². The van der Waals surface area contributed by atoms with E-state index in [1.807, 2.05) is 44.3 Å². The molecule has 30 heavy (non-hydrogen) atoms. The van der Waals surface area contributed by atoms with Gasteiger partial charge in [0, 0.05) is 24.4 Å². The molecule has 166 valence electrons. The summed E-state index contributed by atoms with van der Waals surface area (Å²) in [6.45, 7) is 2.58. The summed E-state index contributed by atoms with van der Waals surface area (Å²) in [7, 11) is 1.88. The molecule has 0 saturated heterocycles. The summed E-state index contributed by atoms with van der Waals surface area (Å²) in [5.74, 6) is 2.17. The van der Waals surface area contributed by atoms with Crippen LogP contribution in [-0.4, -0.2) is 37.5 Å². The second-order valence-corrected chi connectivity index (χ2v) is 9.85. The van der Waals surface area contributed by atoms with Crippen LogP contribution in [0.3, 0.4) is 0 Å². The Balaban J connectivity index is 0.00000256. The minimum Gasteiger partial charge on any atom is -0.353 e. The summed E-state index contributed by atoms with van der Waals surface area (Å²) >= 11 is 0. The van der Waals surface area contributed by atoms with Gasteiger partial charge in [0.25, 0.3) is 0 Å². The van der Waals surface area contributed by atoms with E-state index >= 15 is 0 Å². The molecule has 0 heterocycles. The molecule has 4 bridgehead atoms. The highest BCUT2D eigenvalue weighted by Gasteiger charge is 2.54. The molecular formula is C24H36ClN3O2. The largest absolute Gasteiger partial charge is 0.353 e. The third-order valence-electron chi connectivity index (χ3n) is 7.50. The first-order valence-electron chi connectivity index (χ1n) is 11.3. The van der Waals surface area contributed by atoms with E-state index in [0.29, 0.717) is 30.7 Å². The highest BCUT2D eigenvalue weighted by atomic mass is 35.5. The van der Waals surface area contributed by atoms with Gasteiger partial charge in [-0.1, -0.05) is 30.3 Å². The Morgan fingerprint density at radius 1 is 1.03 bits per heavy atom. The molecule has 0 aromatic heterocycles. The van der Waals surface area contributed by atoms with E-state index < -0.39 is 6.04 Å². The quantitative estimate of drug-likeness (QED) is 0.590. The second kappa shape index (κ2) is 9.69. The molecule has 5 rings (SSSR count). The van der Waals surface area contributed by atoms with E-state index in [1.54, 1.807) is 0 Å². The van der Waals surface area contributed by atoms with E-state index in [9.17, 15) is 9.59 Å². The van der Waals surface area contributed by atoms with Crippen LogP contribution in [0, 0.1) is 23.2 Å². The van der Waals surface area contributed by atoms with Crippen molar-refractivity contribution in [1.29, 1.82) is 0 Å². The van der Waals surface area contributed by atoms with Crippen molar-refractivity contribution in [2.24, 2.45) is 23.2 Å². The standard InChI is InChI=1S/C24H35N3O2.ClH/c1-16(25-2)15-26-22(28)21(11-17-6-4-3-5-7-17)27-23(29)24-12-18-8-19(13-24)10-20(9-18)14-24;/h3-7,16,18-21,25H,8-15H2,1-2H3,(H,26,28)(H,27,29);1H. The van der Waals surface area contributed by atoms with E-state index in [-0.39, 0.29) is 35.7 Å². The van der Waals surface area contributed by atoms with Crippen molar-refractivity contribution in [3.63, 3.8) is 0 Å². The van der Waals surface area contributed by atoms with Gasteiger partial charge in [-0.3, -0.25) is 9.59 Å². The third kappa shape index (κ3) is 5.00. The average Bonchev–Trinajstić information content (AvgIpc) is 2.71. The number of hydrogen-bond donors (Lipinski definition) is 3. The van der Waals surface area contributed by atoms with Crippen molar-refractivity contribution in [3.05, 3.63) is 35.9 Å². The summed E-state index contributed by atoms with van der Waals surface area (Å²) < 4.78 is 0. The Labute approximate surface area is 186 Å². The fourth-order valence-electron chi connectivity index (χ4n) is 6.24. The topological polar surface area (TPSA) is 70.2 Å². The second-order valence-electron chi connectivity index (χ2n) is 9.85. The van der Waals surface area contributed by atoms with Gasteiger partial charge in [-0.25, -0.2) is 0 Å². The Hall–Kier alpha value is -1.59. The van der Waals surface area contributed by atoms with Gasteiger partial charge >= 0.3 is 0 Å². The Morgan fingerprint density at radius 3 is 2.13 bits per heavy atom. The molecule has 4 aliphatic rings. The van der Waals surface area contributed by atoms with Crippen molar-refractivity contribution < 1.29 is 9.59 Å². The maximum absolute atomic E-state index is 13.5. The minimum absolute atomic E-state index is 0. The molecule has 3 N–H and O–H groups in total. The highest BCUT2D eigenvalue weighted by Crippen LogP contribution is 2.60. The molecule has 5 nitrogen and oxygen atoms in total. The Kier molecular flexibility index (Phi) is 7.46. The molecule has 2 unspecified atom stereocenters. The lowest BCUT2D eigenvalue weighted by molar-refractivity contribution is -0.148. The van der Waals surface area contributed by atoms with Gasteiger partial charge in [0.2, 0.25) is 11.8 Å². The lowest BCUT2D eigenvalue weighted by Crippen LogP contribution is -2.58. The summed E-state index contributed by atoms with van der Waals surface area (Å²) in [6.07, 6.45) is 7.50. The predicted octanol–water partition coefficient (Wildman–Crippen LogP) is 3.08. The molecule has 2 amide bonds. The number of carbonyl (C=O) groups is 2. The number of likely N-dealkylation sites (N-methyl/N-ethyl adjacent to an activating group) is 1. The molecule has 2 atom stereocenters. The molecule has 0 spiro atoms. The van der Waals surface area contributed by atoms with Crippen molar-refractivity contribution in [1.82, 2.24) is 16.0 Å². The number of halogens is 1. The van der Waals surface area contributed by atoms with Gasteiger partial charge < -0.3 is 16.0 Å². The van der Waals surface area contributed by atoms with Crippen molar-refractivity contribution in [3.8, 4) is 0 Å². The zero-order valence-electron chi connectivity index (χ0n) is 18.2. The third-order valence-corrected chi connectivity index (χ3v) is 7.50. The van der Waals surface area contributed by atoms with Gasteiger partial charge in [0.15, 0.2) is 0 Å². The van der Waals surface area contributed by atoms with Gasteiger partial charge in [0.05, 0.1) is 0 Å². The molecule has 1 aromatic carbocycles. The zero-order valence-corrected chi connectivity index (χ0v) is 19.0. The van der Waals surface area contributed by atoms with Crippen LogP contribution in [0.25, 0.3) is 0 Å². The van der Waals surface area contributed by atoms with E-state index in [0.717, 1.165) is 24.8 Å². The van der Waals surface area contributed by atoms with Crippen molar-refractivity contribution in [2.75, 3.05) is 13.6 Å². The summed E-state index contributed by atoms with van der Waals surface area (Å²) in [5, 5.41) is 9.35. The predicted molar refractivity (Wildman–Crippen MR) is 121 cm³/mol. The SMILES string of the molecule is CNC(C)CNC(=O)C(Cc1ccccc1)NC(=O)C12CC3CC(CC(C3)C1)C2.Cl. The van der Waals surface area contributed by atoms with Crippen LogP contribution in [0.4, 0.5) is 0 Å². The minimum atomic E-state index is -0.526. The van der Waals surface area contributed by atoms with Crippen LogP contribution in [0.5, 0.6) is 0 Å². The van der Waals surface area contributed by atoms with Crippen molar-refractivity contribution in [2.45, 2.75) is 64.0 Å². The zero-order chi connectivity index (χ0) is 20.4. The van der Waals surface area contributed by atoms with Crippen LogP contribution >= 0.6 is 12.4 Å². The molecule has 4 aliphatic carbocycles. The van der Waals surface area contributed by atoms with Gasteiger partial charge in [-0.15, -0.1) is 12.4 Å². The maximum Gasteiger partial charge on any atom is 0.242 e. The van der Waals surface area contributed by atoms with Crippen LogP contribution in [0.2, 0.25) is 0 Å². The van der Waals surface area contributed by atoms with E-state index in [1.165, 1.54) is 19.3 Å². The molecule has 6 heteroatoms. The monoisotopic (exact) mass is 433 g/mol. The molecule has 0 radical (unpaired) electrons. The molecule has 4 fully saturated rings. The number of benzene rings is 1. The van der Waals surface area contributed by atoms with E-state index in [4.69, 9.17) is 0 Å². The molecule has 0 aliphatic heterocycles. The normalized spacial score (nSPS) is 30.8. The smallest absolute Gasteiger partial charge is 0.242 e. The summed E-state index contributed by atoms with van der Waals surface area (Å²) in [4.78, 5) is 26.5. The number of hydrogen-bond acceptors (Lipinski definition) is 3. The van der Waals surface area contributed by atoms with Gasteiger partial charge in [0.1, 0.15) is 6.04 Å². The molecule has 4 saturated carbocycles. The number of nitrogens with one attached hydrogen (secondary N) is 3. The number of rotatable bonds is 8. The van der Waals surface area contributed by atoms with E-state index in [2.05, 4.69) is 16.0 Å². The lowest BCUT2D eigenvalue weighted by Gasteiger charge is -2.55. The fourth-order valence-corrected chi connectivity index (χ4v) is 6.24. The van der Waals surface area contributed by atoms with Crippen LogP contribution in [0.1, 0.15) is 51.0 Å². The lowest BCUT2D eigenvalue weighted by atomic mass is 9.49. The van der Waals surface area contributed by atoms with Crippen LogP contribution in [-0.2, 0) is 16.0 Å². The maximum atomic E-state index is 13.5. The average molecular weight is 434 g/mol. The first-order chi connectivity index (χ1) is 14.0. The Morgan fingerprint density at radius 2 is 1.60 bits per heavy atom. The number of carbonyl (C=O) groups excluding carboxylic acids is 2. The first kappa shape index (κ1) is 23.1. The van der Waals surface area contributed by atoms with Gasteiger partial charge in [-0.05, 0) is 75.8 Å². The highest BCUT2D eigenvalue weighted by molar-refractivity contribution is 5.90. The fraction of sp³-hybridized carbons (Fsp3) is 0.667. The number of amides is 2. The van der Waals surface area contributed by atoms with Crippen molar-refractivity contribution >= 4 is 24.2 Å². The Bertz CT molecular complexity index is 704. The molecular weight excluding hydrogens is 398 g/mol.